The maximum atomic E-state index is 5.27. The second-order valence-electron chi connectivity index (χ2n) is 3.10. The van der Waals surface area contributed by atoms with E-state index in [4.69, 9.17) is 4.84 Å². The highest BCUT2D eigenvalue weighted by Gasteiger charge is 2.18. The van der Waals surface area contributed by atoms with Crippen LogP contribution in [0, 0.1) is 0 Å². The summed E-state index contributed by atoms with van der Waals surface area (Å²) in [6.07, 6.45) is 4.28. The Morgan fingerprint density at radius 3 is 2.67 bits per heavy atom. The maximum Gasteiger partial charge on any atom is 0.130 e. The normalized spacial score (nSPS) is 21.8. The van der Waals surface area contributed by atoms with Crippen LogP contribution in [0.1, 0.15) is 26.7 Å². The Balaban J connectivity index is 2.17. The summed E-state index contributed by atoms with van der Waals surface area (Å²) in [6.45, 7) is 7.54. The third-order valence-corrected chi connectivity index (χ3v) is 2.30. The van der Waals surface area contributed by atoms with E-state index in [1.54, 1.807) is 6.21 Å². The van der Waals surface area contributed by atoms with Crippen molar-refractivity contribution in [1.82, 2.24) is 4.90 Å². The molecule has 1 fully saturated rings. The second-order valence-corrected chi connectivity index (χ2v) is 3.10. The molecule has 12 heavy (non-hydrogen) atoms. The highest BCUT2D eigenvalue weighted by molar-refractivity contribution is 5.52. The largest absolute Gasteiger partial charge is 0.393 e. The smallest absolute Gasteiger partial charge is 0.130 e. The summed E-state index contributed by atoms with van der Waals surface area (Å²) in [5.74, 6) is 0. The Bertz CT molecular complexity index is 139. The van der Waals surface area contributed by atoms with Crippen LogP contribution in [0.4, 0.5) is 0 Å². The van der Waals surface area contributed by atoms with Crippen LogP contribution in [-0.4, -0.2) is 36.9 Å². The predicted octanol–water partition coefficient (Wildman–Crippen LogP) is 1.49. The number of likely N-dealkylation sites (tertiary alicyclic amines) is 1. The van der Waals surface area contributed by atoms with E-state index in [2.05, 4.69) is 17.0 Å². The van der Waals surface area contributed by atoms with E-state index in [0.717, 1.165) is 32.5 Å². The molecule has 0 bridgehead atoms. The Morgan fingerprint density at radius 1 is 1.50 bits per heavy atom. The van der Waals surface area contributed by atoms with E-state index in [9.17, 15) is 0 Å². The molecule has 1 saturated heterocycles. The number of rotatable bonds is 3. The molecular formula is C9H18N2O. The van der Waals surface area contributed by atoms with Crippen molar-refractivity contribution in [2.45, 2.75) is 32.8 Å². The molecule has 0 aliphatic carbocycles. The van der Waals surface area contributed by atoms with Gasteiger partial charge in [0.15, 0.2) is 0 Å². The number of oxime groups is 1. The monoisotopic (exact) mass is 170 g/mol. The lowest BCUT2D eigenvalue weighted by Crippen LogP contribution is -2.36. The number of piperidine rings is 1. The van der Waals surface area contributed by atoms with Gasteiger partial charge in [-0.3, -0.25) is 0 Å². The van der Waals surface area contributed by atoms with Crippen LogP contribution in [0.15, 0.2) is 5.16 Å². The van der Waals surface area contributed by atoms with Crippen molar-refractivity contribution in [2.24, 2.45) is 5.16 Å². The highest BCUT2D eigenvalue weighted by Crippen LogP contribution is 2.12. The summed E-state index contributed by atoms with van der Waals surface area (Å²) in [5.41, 5.74) is 0. The lowest BCUT2D eigenvalue weighted by Gasteiger charge is -2.29. The third kappa shape index (κ3) is 2.81. The van der Waals surface area contributed by atoms with Gasteiger partial charge in [0.2, 0.25) is 0 Å². The summed E-state index contributed by atoms with van der Waals surface area (Å²) in [7, 11) is 0. The average Bonchev–Trinajstić information content (AvgIpc) is 2.15. The topological polar surface area (TPSA) is 24.8 Å². The van der Waals surface area contributed by atoms with Gasteiger partial charge in [-0.1, -0.05) is 12.1 Å². The minimum absolute atomic E-state index is 0.351. The fourth-order valence-electron chi connectivity index (χ4n) is 1.48. The number of hydrogen-bond donors (Lipinski definition) is 0. The van der Waals surface area contributed by atoms with Gasteiger partial charge < -0.3 is 9.74 Å². The van der Waals surface area contributed by atoms with Gasteiger partial charge >= 0.3 is 0 Å². The van der Waals surface area contributed by atoms with Crippen molar-refractivity contribution in [3.05, 3.63) is 0 Å². The Hall–Kier alpha value is -0.570. The molecule has 0 radical (unpaired) electrons. The van der Waals surface area contributed by atoms with Crippen LogP contribution in [0.5, 0.6) is 0 Å². The minimum atomic E-state index is 0.351. The summed E-state index contributed by atoms with van der Waals surface area (Å²) in [5, 5.41) is 3.80. The molecular weight excluding hydrogens is 152 g/mol. The quantitative estimate of drug-likeness (QED) is 0.473. The van der Waals surface area contributed by atoms with Gasteiger partial charge in [0.1, 0.15) is 6.10 Å². The van der Waals surface area contributed by atoms with Crippen molar-refractivity contribution < 1.29 is 4.84 Å². The Kier molecular flexibility index (Phi) is 4.08. The molecule has 70 valence electrons. The lowest BCUT2D eigenvalue weighted by atomic mass is 10.1. The molecule has 3 heteroatoms. The van der Waals surface area contributed by atoms with Crippen molar-refractivity contribution >= 4 is 6.21 Å². The molecule has 0 unspecified atom stereocenters. The Morgan fingerprint density at radius 2 is 2.17 bits per heavy atom. The van der Waals surface area contributed by atoms with E-state index in [-0.39, 0.29) is 0 Å². The van der Waals surface area contributed by atoms with E-state index < -0.39 is 0 Å². The zero-order valence-corrected chi connectivity index (χ0v) is 7.99. The molecule has 0 aromatic carbocycles. The van der Waals surface area contributed by atoms with E-state index in [0.29, 0.717) is 6.10 Å². The first-order chi connectivity index (χ1) is 5.86. The first-order valence-electron chi connectivity index (χ1n) is 4.73. The van der Waals surface area contributed by atoms with Crippen molar-refractivity contribution in [1.29, 1.82) is 0 Å². The standard InChI is InChI=1S/C9H18N2O/c1-3-10-12-9-5-7-11(4-2)8-6-9/h3,9H,4-8H2,1-2H3. The fraction of sp³-hybridized carbons (Fsp3) is 0.889. The number of nitrogens with zero attached hydrogens (tertiary/aromatic N) is 2. The average molecular weight is 170 g/mol. The zero-order valence-electron chi connectivity index (χ0n) is 7.99. The Labute approximate surface area is 74.4 Å². The van der Waals surface area contributed by atoms with Crippen LogP contribution < -0.4 is 0 Å². The molecule has 0 amide bonds. The first kappa shape index (κ1) is 9.52. The van der Waals surface area contributed by atoms with Crippen LogP contribution >= 0.6 is 0 Å². The minimum Gasteiger partial charge on any atom is -0.393 e. The van der Waals surface area contributed by atoms with Crippen LogP contribution in [0.25, 0.3) is 0 Å². The summed E-state index contributed by atoms with van der Waals surface area (Å²) >= 11 is 0. The van der Waals surface area contributed by atoms with E-state index >= 15 is 0 Å². The van der Waals surface area contributed by atoms with E-state index in [1.165, 1.54) is 0 Å². The molecule has 0 atom stereocenters. The van der Waals surface area contributed by atoms with Gasteiger partial charge in [-0.05, 0) is 26.3 Å². The van der Waals surface area contributed by atoms with E-state index in [1.807, 2.05) is 6.92 Å². The van der Waals surface area contributed by atoms with Gasteiger partial charge in [-0.2, -0.15) is 0 Å². The third-order valence-electron chi connectivity index (χ3n) is 2.30. The fourth-order valence-corrected chi connectivity index (χ4v) is 1.48. The second kappa shape index (κ2) is 5.14. The molecule has 1 rings (SSSR count). The number of hydrogen-bond acceptors (Lipinski definition) is 3. The molecule has 1 heterocycles. The van der Waals surface area contributed by atoms with Crippen LogP contribution in [0.3, 0.4) is 0 Å². The van der Waals surface area contributed by atoms with Gasteiger partial charge in [0, 0.05) is 19.3 Å². The molecule has 1 aliphatic rings. The highest BCUT2D eigenvalue weighted by atomic mass is 16.6. The van der Waals surface area contributed by atoms with Crippen molar-refractivity contribution in [2.75, 3.05) is 19.6 Å². The zero-order chi connectivity index (χ0) is 8.81. The molecule has 0 aromatic heterocycles. The molecule has 0 spiro atoms. The SMILES string of the molecule is CC=NOC1CCN(CC)CC1. The summed E-state index contributed by atoms with van der Waals surface area (Å²) in [6, 6.07) is 0. The molecule has 0 aromatic rings. The van der Waals surface area contributed by atoms with Crippen LogP contribution in [-0.2, 0) is 4.84 Å². The van der Waals surface area contributed by atoms with Gasteiger partial charge in [0.25, 0.3) is 0 Å². The predicted molar refractivity (Wildman–Crippen MR) is 50.4 cm³/mol. The molecule has 3 nitrogen and oxygen atoms in total. The van der Waals surface area contributed by atoms with Gasteiger partial charge in [0.05, 0.1) is 0 Å². The first-order valence-corrected chi connectivity index (χ1v) is 4.73. The van der Waals surface area contributed by atoms with Gasteiger partial charge in [-0.15, -0.1) is 0 Å². The molecule has 0 saturated carbocycles. The molecule has 1 aliphatic heterocycles. The van der Waals surface area contributed by atoms with Crippen LogP contribution in [0.2, 0.25) is 0 Å². The maximum absolute atomic E-state index is 5.27. The van der Waals surface area contributed by atoms with Crippen molar-refractivity contribution in [3.8, 4) is 0 Å². The molecule has 0 N–H and O–H groups in total. The van der Waals surface area contributed by atoms with Gasteiger partial charge in [-0.25, -0.2) is 0 Å². The lowest BCUT2D eigenvalue weighted by molar-refractivity contribution is 0.0127. The summed E-state index contributed by atoms with van der Waals surface area (Å²) in [4.78, 5) is 7.71. The summed E-state index contributed by atoms with van der Waals surface area (Å²) < 4.78 is 0. The van der Waals surface area contributed by atoms with Crippen molar-refractivity contribution in [3.63, 3.8) is 0 Å².